The standard InChI is InChI=1S/C10H14N6O3/c11-14-8-2-1-7(16(18)19)10(13-8)15-5-3-9(17)12-4-6-15/h1-2H,3-6,11H2,(H,12,17)(H,13,14). The van der Waals surface area contributed by atoms with E-state index in [9.17, 15) is 14.9 Å². The van der Waals surface area contributed by atoms with Crippen LogP contribution in [0.2, 0.25) is 0 Å². The average molecular weight is 266 g/mol. The number of nitro groups is 1. The summed E-state index contributed by atoms with van der Waals surface area (Å²) in [5, 5.41) is 13.7. The van der Waals surface area contributed by atoms with Crippen LogP contribution in [0.3, 0.4) is 0 Å². The first kappa shape index (κ1) is 13.0. The normalized spacial score (nSPS) is 15.6. The van der Waals surface area contributed by atoms with E-state index in [1.54, 1.807) is 4.90 Å². The van der Waals surface area contributed by atoms with Crippen molar-refractivity contribution in [1.82, 2.24) is 10.3 Å². The van der Waals surface area contributed by atoms with Crippen LogP contribution in [0, 0.1) is 10.1 Å². The molecule has 0 radical (unpaired) electrons. The van der Waals surface area contributed by atoms with Crippen molar-refractivity contribution >= 4 is 23.2 Å². The fraction of sp³-hybridized carbons (Fsp3) is 0.400. The summed E-state index contributed by atoms with van der Waals surface area (Å²) in [5.41, 5.74) is 2.25. The monoisotopic (exact) mass is 266 g/mol. The van der Waals surface area contributed by atoms with Gasteiger partial charge >= 0.3 is 5.69 Å². The van der Waals surface area contributed by atoms with Gasteiger partial charge in [0.1, 0.15) is 5.82 Å². The van der Waals surface area contributed by atoms with E-state index in [4.69, 9.17) is 5.84 Å². The second-order valence-electron chi connectivity index (χ2n) is 4.03. The minimum Gasteiger partial charge on any atom is -0.354 e. The van der Waals surface area contributed by atoms with Crippen molar-refractivity contribution in [2.24, 2.45) is 5.84 Å². The Morgan fingerprint density at radius 3 is 2.95 bits per heavy atom. The molecule has 4 N–H and O–H groups in total. The highest BCUT2D eigenvalue weighted by molar-refractivity contribution is 5.77. The maximum atomic E-state index is 11.3. The van der Waals surface area contributed by atoms with Crippen LogP contribution >= 0.6 is 0 Å². The molecule has 1 amide bonds. The molecule has 1 aliphatic rings. The summed E-state index contributed by atoms with van der Waals surface area (Å²) in [6.07, 6.45) is 0.277. The van der Waals surface area contributed by atoms with E-state index >= 15 is 0 Å². The number of nitrogens with one attached hydrogen (secondary N) is 2. The lowest BCUT2D eigenvalue weighted by atomic mass is 10.3. The fourth-order valence-electron chi connectivity index (χ4n) is 1.88. The summed E-state index contributed by atoms with van der Waals surface area (Å²) in [5.74, 6) is 5.75. The number of carbonyl (C=O) groups is 1. The van der Waals surface area contributed by atoms with E-state index in [-0.39, 0.29) is 23.8 Å². The van der Waals surface area contributed by atoms with Crippen molar-refractivity contribution < 1.29 is 9.72 Å². The van der Waals surface area contributed by atoms with E-state index in [1.807, 2.05) is 0 Å². The second-order valence-corrected chi connectivity index (χ2v) is 4.03. The van der Waals surface area contributed by atoms with Crippen molar-refractivity contribution in [3.05, 3.63) is 22.2 Å². The minimum absolute atomic E-state index is 0.0711. The van der Waals surface area contributed by atoms with Gasteiger partial charge in [-0.1, -0.05) is 0 Å². The smallest absolute Gasteiger partial charge is 0.311 e. The van der Waals surface area contributed by atoms with E-state index in [2.05, 4.69) is 15.7 Å². The van der Waals surface area contributed by atoms with Gasteiger partial charge in [-0.05, 0) is 6.07 Å². The highest BCUT2D eigenvalue weighted by atomic mass is 16.6. The predicted octanol–water partition coefficient (Wildman–Crippen LogP) is -0.398. The highest BCUT2D eigenvalue weighted by Crippen LogP contribution is 2.27. The summed E-state index contributed by atoms with van der Waals surface area (Å²) in [7, 11) is 0. The average Bonchev–Trinajstić information content (AvgIpc) is 2.62. The Hall–Kier alpha value is -2.42. The lowest BCUT2D eigenvalue weighted by Gasteiger charge is -2.20. The Kier molecular flexibility index (Phi) is 3.76. The summed E-state index contributed by atoms with van der Waals surface area (Å²) < 4.78 is 0. The maximum Gasteiger partial charge on any atom is 0.311 e. The first-order valence-corrected chi connectivity index (χ1v) is 5.75. The van der Waals surface area contributed by atoms with E-state index in [1.165, 1.54) is 12.1 Å². The molecule has 9 nitrogen and oxygen atoms in total. The van der Waals surface area contributed by atoms with E-state index in [0.717, 1.165) is 0 Å². The maximum absolute atomic E-state index is 11.3. The molecule has 9 heteroatoms. The molecule has 2 rings (SSSR count). The van der Waals surface area contributed by atoms with Crippen molar-refractivity contribution in [2.75, 3.05) is 30.0 Å². The zero-order valence-electron chi connectivity index (χ0n) is 10.1. The Morgan fingerprint density at radius 1 is 1.47 bits per heavy atom. The first-order chi connectivity index (χ1) is 9.11. The SMILES string of the molecule is NNc1ccc([N+](=O)[O-])c(N2CCNC(=O)CC2)n1. The quantitative estimate of drug-likeness (QED) is 0.386. The summed E-state index contributed by atoms with van der Waals surface area (Å²) in [4.78, 5) is 27.6. The van der Waals surface area contributed by atoms with E-state index < -0.39 is 4.92 Å². The third-order valence-electron chi connectivity index (χ3n) is 2.81. The van der Waals surface area contributed by atoms with Crippen molar-refractivity contribution in [3.8, 4) is 0 Å². The molecule has 102 valence electrons. The number of hydrazine groups is 1. The van der Waals surface area contributed by atoms with Gasteiger partial charge in [-0.15, -0.1) is 0 Å². The molecule has 19 heavy (non-hydrogen) atoms. The molecule has 0 aromatic carbocycles. The Labute approximate surface area is 108 Å². The Morgan fingerprint density at radius 2 is 2.26 bits per heavy atom. The molecule has 0 saturated carbocycles. The van der Waals surface area contributed by atoms with Gasteiger partial charge < -0.3 is 15.6 Å². The molecular formula is C10H14N6O3. The summed E-state index contributed by atoms with van der Waals surface area (Å²) >= 11 is 0. The number of nitrogens with two attached hydrogens (primary N) is 1. The van der Waals surface area contributed by atoms with Gasteiger partial charge in [0.05, 0.1) is 4.92 Å². The molecule has 0 spiro atoms. The van der Waals surface area contributed by atoms with Crippen LogP contribution < -0.4 is 21.5 Å². The number of anilines is 2. The van der Waals surface area contributed by atoms with Gasteiger partial charge in [-0.2, -0.15) is 0 Å². The fourth-order valence-corrected chi connectivity index (χ4v) is 1.88. The lowest BCUT2D eigenvalue weighted by Crippen LogP contribution is -2.29. The van der Waals surface area contributed by atoms with Crippen molar-refractivity contribution in [3.63, 3.8) is 0 Å². The zero-order chi connectivity index (χ0) is 13.8. The number of carbonyl (C=O) groups excluding carboxylic acids is 1. The number of hydrogen-bond acceptors (Lipinski definition) is 7. The molecule has 0 unspecified atom stereocenters. The number of amides is 1. The zero-order valence-corrected chi connectivity index (χ0v) is 10.1. The number of nitrogen functional groups attached to an aromatic ring is 1. The van der Waals surface area contributed by atoms with Crippen LogP contribution in [0.5, 0.6) is 0 Å². The molecule has 1 aromatic heterocycles. The largest absolute Gasteiger partial charge is 0.354 e. The Bertz CT molecular complexity index is 506. The lowest BCUT2D eigenvalue weighted by molar-refractivity contribution is -0.384. The van der Waals surface area contributed by atoms with Gasteiger partial charge in [0.15, 0.2) is 0 Å². The molecule has 1 aliphatic heterocycles. The predicted molar refractivity (Wildman–Crippen MR) is 68.5 cm³/mol. The van der Waals surface area contributed by atoms with Crippen LogP contribution in [0.1, 0.15) is 6.42 Å². The summed E-state index contributed by atoms with van der Waals surface area (Å²) in [6, 6.07) is 2.78. The highest BCUT2D eigenvalue weighted by Gasteiger charge is 2.23. The van der Waals surface area contributed by atoms with Crippen LogP contribution in [0.25, 0.3) is 0 Å². The summed E-state index contributed by atoms with van der Waals surface area (Å²) in [6.45, 7) is 1.28. The van der Waals surface area contributed by atoms with Crippen molar-refractivity contribution in [2.45, 2.75) is 6.42 Å². The Balaban J connectivity index is 2.35. The molecule has 0 atom stereocenters. The van der Waals surface area contributed by atoms with E-state index in [0.29, 0.717) is 25.5 Å². The van der Waals surface area contributed by atoms with Crippen molar-refractivity contribution in [1.29, 1.82) is 0 Å². The van der Waals surface area contributed by atoms with Crippen LogP contribution in [-0.2, 0) is 4.79 Å². The molecule has 1 aromatic rings. The molecule has 1 fully saturated rings. The van der Waals surface area contributed by atoms with Gasteiger partial charge in [0.25, 0.3) is 0 Å². The third-order valence-corrected chi connectivity index (χ3v) is 2.81. The van der Waals surface area contributed by atoms with Gasteiger partial charge in [0, 0.05) is 32.1 Å². The number of rotatable bonds is 3. The molecular weight excluding hydrogens is 252 g/mol. The topological polar surface area (TPSA) is 126 Å². The second kappa shape index (κ2) is 5.48. The van der Waals surface area contributed by atoms with Crippen LogP contribution in [0.4, 0.5) is 17.3 Å². The van der Waals surface area contributed by atoms with Crippen LogP contribution in [-0.4, -0.2) is 35.4 Å². The molecule has 0 aliphatic carbocycles. The molecule has 2 heterocycles. The first-order valence-electron chi connectivity index (χ1n) is 5.75. The minimum atomic E-state index is -0.497. The van der Waals surface area contributed by atoms with Gasteiger partial charge in [0.2, 0.25) is 11.7 Å². The van der Waals surface area contributed by atoms with Crippen LogP contribution in [0.15, 0.2) is 12.1 Å². The number of pyridine rings is 1. The third kappa shape index (κ3) is 2.88. The molecule has 1 saturated heterocycles. The number of hydrogen-bond donors (Lipinski definition) is 3. The molecule has 0 bridgehead atoms. The number of aromatic nitrogens is 1. The van der Waals surface area contributed by atoms with Gasteiger partial charge in [-0.25, -0.2) is 10.8 Å². The number of nitrogens with zero attached hydrogens (tertiary/aromatic N) is 3. The van der Waals surface area contributed by atoms with Gasteiger partial charge in [-0.3, -0.25) is 14.9 Å².